The van der Waals surface area contributed by atoms with E-state index < -0.39 is 0 Å². The van der Waals surface area contributed by atoms with Gasteiger partial charge in [0.1, 0.15) is 17.9 Å². The number of piperidine rings is 1. The van der Waals surface area contributed by atoms with E-state index in [-0.39, 0.29) is 0 Å². The lowest BCUT2D eigenvalue weighted by Gasteiger charge is -2.31. The van der Waals surface area contributed by atoms with Crippen LogP contribution < -0.4 is 10.1 Å². The molecular weight excluding hydrogens is 318 g/mol. The summed E-state index contributed by atoms with van der Waals surface area (Å²) in [6, 6.07) is 1.85. The smallest absolute Gasteiger partial charge is 0.218 e. The molecule has 1 fully saturated rings. The molecule has 0 unspecified atom stereocenters. The molecule has 1 aliphatic heterocycles. The van der Waals surface area contributed by atoms with Crippen LogP contribution in [0.15, 0.2) is 16.8 Å². The number of nitrogens with one attached hydrogen (secondary N) is 1. The predicted molar refractivity (Wildman–Crippen MR) is 95.7 cm³/mol. The van der Waals surface area contributed by atoms with Gasteiger partial charge in [0.15, 0.2) is 0 Å². The van der Waals surface area contributed by atoms with Crippen molar-refractivity contribution in [1.82, 2.24) is 19.9 Å². The summed E-state index contributed by atoms with van der Waals surface area (Å²) in [5, 5.41) is 3.41. The summed E-state index contributed by atoms with van der Waals surface area (Å²) in [6.07, 6.45) is 3.86. The molecule has 0 saturated carbocycles. The van der Waals surface area contributed by atoms with Crippen molar-refractivity contribution in [2.75, 3.05) is 31.6 Å². The molecule has 25 heavy (non-hydrogen) atoms. The highest BCUT2D eigenvalue weighted by molar-refractivity contribution is 5.37. The Morgan fingerprint density at radius 3 is 2.76 bits per heavy atom. The fourth-order valence-electron chi connectivity index (χ4n) is 3.06. The first-order chi connectivity index (χ1) is 12.1. The summed E-state index contributed by atoms with van der Waals surface area (Å²) in [5.41, 5.74) is 0.991. The topological polar surface area (TPSA) is 76.3 Å². The molecule has 7 heteroatoms. The monoisotopic (exact) mass is 345 g/mol. The normalized spacial score (nSPS) is 16.1. The van der Waals surface area contributed by atoms with Gasteiger partial charge in [0, 0.05) is 12.6 Å². The quantitative estimate of drug-likeness (QED) is 0.827. The number of hydrogen-bond acceptors (Lipinski definition) is 7. The van der Waals surface area contributed by atoms with E-state index in [0.29, 0.717) is 18.4 Å². The molecule has 0 radical (unpaired) electrons. The maximum Gasteiger partial charge on any atom is 0.218 e. The highest BCUT2D eigenvalue weighted by atomic mass is 16.5. The van der Waals surface area contributed by atoms with E-state index in [4.69, 9.17) is 9.15 Å². The minimum Gasteiger partial charge on any atom is -0.478 e. The molecule has 0 aromatic carbocycles. The first-order valence-corrected chi connectivity index (χ1v) is 8.98. The zero-order valence-electron chi connectivity index (χ0n) is 15.3. The van der Waals surface area contributed by atoms with Crippen LogP contribution in [-0.2, 0) is 6.54 Å². The molecule has 7 nitrogen and oxygen atoms in total. The lowest BCUT2D eigenvalue weighted by Crippen LogP contribution is -2.35. The van der Waals surface area contributed by atoms with Crippen molar-refractivity contribution in [3.8, 4) is 5.88 Å². The molecule has 0 amide bonds. The summed E-state index contributed by atoms with van der Waals surface area (Å²) in [4.78, 5) is 15.2. The summed E-state index contributed by atoms with van der Waals surface area (Å²) >= 11 is 0. The molecule has 2 aromatic rings. The molecule has 2 aromatic heterocycles. The van der Waals surface area contributed by atoms with Gasteiger partial charge in [-0.1, -0.05) is 0 Å². The van der Waals surface area contributed by atoms with Gasteiger partial charge in [0.2, 0.25) is 11.8 Å². The highest BCUT2D eigenvalue weighted by Gasteiger charge is 2.21. The van der Waals surface area contributed by atoms with Crippen molar-refractivity contribution in [3.05, 3.63) is 29.7 Å². The van der Waals surface area contributed by atoms with Gasteiger partial charge in [-0.25, -0.2) is 15.0 Å². The van der Waals surface area contributed by atoms with Crippen molar-refractivity contribution in [2.24, 2.45) is 5.92 Å². The van der Waals surface area contributed by atoms with Crippen molar-refractivity contribution in [2.45, 2.75) is 40.2 Å². The van der Waals surface area contributed by atoms with E-state index >= 15 is 0 Å². The van der Waals surface area contributed by atoms with E-state index in [0.717, 1.165) is 62.2 Å². The number of aromatic nitrogens is 3. The Morgan fingerprint density at radius 1 is 1.28 bits per heavy atom. The average Bonchev–Trinajstić information content (AvgIpc) is 2.92. The molecule has 1 saturated heterocycles. The Hall–Kier alpha value is -2.15. The Balaban J connectivity index is 1.42. The first-order valence-electron chi connectivity index (χ1n) is 8.98. The molecule has 1 N–H and O–H groups in total. The molecule has 1 aliphatic rings. The molecule has 0 spiro atoms. The van der Waals surface area contributed by atoms with E-state index in [9.17, 15) is 0 Å². The number of anilines is 1. The lowest BCUT2D eigenvalue weighted by atomic mass is 9.97. The average molecular weight is 345 g/mol. The van der Waals surface area contributed by atoms with Crippen LogP contribution in [-0.4, -0.2) is 46.1 Å². The zero-order chi connectivity index (χ0) is 17.6. The molecular formula is C18H27N5O2. The second-order valence-electron chi connectivity index (χ2n) is 6.52. The molecule has 3 rings (SSSR count). The third kappa shape index (κ3) is 4.92. The Morgan fingerprint density at radius 2 is 2.08 bits per heavy atom. The maximum absolute atomic E-state index is 5.69. The summed E-state index contributed by atoms with van der Waals surface area (Å²) in [7, 11) is 0. The van der Waals surface area contributed by atoms with Gasteiger partial charge in [-0.3, -0.25) is 4.90 Å². The summed E-state index contributed by atoms with van der Waals surface area (Å²) in [5.74, 6) is 3.84. The number of rotatable bonds is 7. The van der Waals surface area contributed by atoms with Crippen molar-refractivity contribution < 1.29 is 9.15 Å². The van der Waals surface area contributed by atoms with Crippen LogP contribution >= 0.6 is 0 Å². The van der Waals surface area contributed by atoms with Crippen LogP contribution in [0.25, 0.3) is 0 Å². The third-order valence-electron chi connectivity index (χ3n) is 4.64. The summed E-state index contributed by atoms with van der Waals surface area (Å²) in [6.45, 7) is 10.4. The fourth-order valence-corrected chi connectivity index (χ4v) is 3.06. The van der Waals surface area contributed by atoms with Gasteiger partial charge >= 0.3 is 0 Å². The molecule has 0 aliphatic carbocycles. The summed E-state index contributed by atoms with van der Waals surface area (Å²) < 4.78 is 11.1. The van der Waals surface area contributed by atoms with Gasteiger partial charge in [-0.05, 0) is 52.6 Å². The fraction of sp³-hybridized carbons (Fsp3) is 0.611. The number of likely N-dealkylation sites (tertiary alicyclic amines) is 1. The van der Waals surface area contributed by atoms with Crippen LogP contribution in [0.5, 0.6) is 5.88 Å². The number of ether oxygens (including phenoxy) is 1. The SMILES string of the molecule is CCOc1cc(NCC2CCN(Cc3nc(C)c(C)o3)CC2)ncn1. The van der Waals surface area contributed by atoms with Crippen LogP contribution in [0.2, 0.25) is 0 Å². The maximum atomic E-state index is 5.69. The van der Waals surface area contributed by atoms with Crippen molar-refractivity contribution in [3.63, 3.8) is 0 Å². The Kier molecular flexibility index (Phi) is 5.86. The first kappa shape index (κ1) is 17.7. The molecule has 136 valence electrons. The Bertz CT molecular complexity index is 660. The van der Waals surface area contributed by atoms with Crippen molar-refractivity contribution >= 4 is 5.82 Å². The van der Waals surface area contributed by atoms with Gasteiger partial charge in [0.25, 0.3) is 0 Å². The van der Waals surface area contributed by atoms with E-state index in [1.165, 1.54) is 6.33 Å². The van der Waals surface area contributed by atoms with Crippen LogP contribution in [0.1, 0.15) is 37.1 Å². The lowest BCUT2D eigenvalue weighted by molar-refractivity contribution is 0.167. The van der Waals surface area contributed by atoms with Crippen LogP contribution in [0, 0.1) is 19.8 Å². The number of oxazole rings is 1. The van der Waals surface area contributed by atoms with Gasteiger partial charge < -0.3 is 14.5 Å². The van der Waals surface area contributed by atoms with Gasteiger partial charge in [-0.15, -0.1) is 0 Å². The second-order valence-corrected chi connectivity index (χ2v) is 6.52. The molecule has 0 atom stereocenters. The predicted octanol–water partition coefficient (Wildman–Crippen LogP) is 2.80. The van der Waals surface area contributed by atoms with E-state index in [2.05, 4.69) is 25.2 Å². The third-order valence-corrected chi connectivity index (χ3v) is 4.64. The van der Waals surface area contributed by atoms with Crippen LogP contribution in [0.4, 0.5) is 5.82 Å². The van der Waals surface area contributed by atoms with Gasteiger partial charge in [0.05, 0.1) is 18.8 Å². The highest BCUT2D eigenvalue weighted by Crippen LogP contribution is 2.20. The zero-order valence-corrected chi connectivity index (χ0v) is 15.3. The van der Waals surface area contributed by atoms with Crippen LogP contribution in [0.3, 0.4) is 0 Å². The molecule has 0 bridgehead atoms. The molecule has 3 heterocycles. The number of aryl methyl sites for hydroxylation is 2. The number of hydrogen-bond donors (Lipinski definition) is 1. The largest absolute Gasteiger partial charge is 0.478 e. The minimum absolute atomic E-state index is 0.610. The van der Waals surface area contributed by atoms with E-state index in [1.54, 1.807) is 0 Å². The number of nitrogens with zero attached hydrogens (tertiary/aromatic N) is 4. The standard InChI is InChI=1S/C18H27N5O2/c1-4-24-17-9-16(20-12-21-17)19-10-15-5-7-23(8-6-15)11-18-22-13(2)14(3)25-18/h9,12,15H,4-8,10-11H2,1-3H3,(H,19,20,21). The van der Waals surface area contributed by atoms with Gasteiger partial charge in [-0.2, -0.15) is 0 Å². The second kappa shape index (κ2) is 8.29. The minimum atomic E-state index is 0.610. The Labute approximate surface area is 148 Å². The van der Waals surface area contributed by atoms with E-state index in [1.807, 2.05) is 26.8 Å². The van der Waals surface area contributed by atoms with Crippen molar-refractivity contribution in [1.29, 1.82) is 0 Å².